The Morgan fingerprint density at radius 2 is 1.88 bits per heavy atom. The molecular weight excluding hydrogens is 332 g/mol. The van der Waals surface area contributed by atoms with E-state index in [1.54, 1.807) is 6.07 Å². The molecule has 0 saturated carbocycles. The summed E-state index contributed by atoms with van der Waals surface area (Å²) in [6, 6.07) is 4.80. The summed E-state index contributed by atoms with van der Waals surface area (Å²) in [4.78, 5) is 2.48. The van der Waals surface area contributed by atoms with Gasteiger partial charge in [-0.3, -0.25) is 4.90 Å². The van der Waals surface area contributed by atoms with Gasteiger partial charge in [0.15, 0.2) is 11.5 Å². The molecule has 134 valence electrons. The van der Waals surface area contributed by atoms with Crippen molar-refractivity contribution in [3.8, 4) is 11.5 Å². The van der Waals surface area contributed by atoms with E-state index >= 15 is 0 Å². The molecule has 1 saturated heterocycles. The maximum atomic E-state index is 12.6. The molecule has 1 aromatic rings. The van der Waals surface area contributed by atoms with E-state index in [-0.39, 0.29) is 17.7 Å². The Labute approximate surface area is 142 Å². The first-order chi connectivity index (χ1) is 11.5. The minimum absolute atomic E-state index is 0.124. The molecular formula is C16H24N2O5S. The van der Waals surface area contributed by atoms with E-state index in [0.29, 0.717) is 37.2 Å². The molecule has 8 heteroatoms. The largest absolute Gasteiger partial charge is 0.454 e. The van der Waals surface area contributed by atoms with Crippen molar-refractivity contribution in [2.45, 2.75) is 24.8 Å². The Morgan fingerprint density at radius 3 is 2.58 bits per heavy atom. The standard InChI is InChI=1S/C16H24N2O5S/c1-12(2)14(18-5-7-21-8-6-18)10-17-24(19,20)13-3-4-15-16(9-13)23-11-22-15/h3-4,9,12,14,17H,5-8,10-11H2,1-2H3. The number of fused-ring (bicyclic) bond motifs is 1. The number of hydrogen-bond acceptors (Lipinski definition) is 6. The number of rotatable bonds is 6. The van der Waals surface area contributed by atoms with Crippen LogP contribution in [-0.2, 0) is 14.8 Å². The van der Waals surface area contributed by atoms with Gasteiger partial charge in [0.2, 0.25) is 16.8 Å². The van der Waals surface area contributed by atoms with Crippen molar-refractivity contribution in [1.29, 1.82) is 0 Å². The van der Waals surface area contributed by atoms with Crippen molar-refractivity contribution >= 4 is 10.0 Å². The molecule has 2 aliphatic rings. The van der Waals surface area contributed by atoms with Gasteiger partial charge in [0.25, 0.3) is 0 Å². The third-order valence-electron chi connectivity index (χ3n) is 4.42. The number of nitrogens with one attached hydrogen (secondary N) is 1. The number of nitrogens with zero attached hydrogens (tertiary/aromatic N) is 1. The van der Waals surface area contributed by atoms with E-state index in [1.165, 1.54) is 12.1 Å². The van der Waals surface area contributed by atoms with Crippen molar-refractivity contribution in [2.75, 3.05) is 39.6 Å². The van der Waals surface area contributed by atoms with Crippen LogP contribution in [0.15, 0.2) is 23.1 Å². The Balaban J connectivity index is 1.69. The van der Waals surface area contributed by atoms with Crippen LogP contribution in [0.1, 0.15) is 13.8 Å². The fraction of sp³-hybridized carbons (Fsp3) is 0.625. The fourth-order valence-corrected chi connectivity index (χ4v) is 4.08. The zero-order valence-corrected chi connectivity index (χ0v) is 14.8. The lowest BCUT2D eigenvalue weighted by Gasteiger charge is -2.36. The normalized spacial score (nSPS) is 19.6. The molecule has 1 aromatic carbocycles. The van der Waals surface area contributed by atoms with Crippen LogP contribution >= 0.6 is 0 Å². The Hall–Kier alpha value is -1.35. The summed E-state index contributed by atoms with van der Waals surface area (Å²) in [5.41, 5.74) is 0. The van der Waals surface area contributed by atoms with Crippen LogP contribution in [0.3, 0.4) is 0 Å². The summed E-state index contributed by atoms with van der Waals surface area (Å²) >= 11 is 0. The number of hydrogen-bond donors (Lipinski definition) is 1. The second-order valence-corrected chi connectivity index (χ2v) is 8.09. The van der Waals surface area contributed by atoms with Crippen molar-refractivity contribution < 1.29 is 22.6 Å². The van der Waals surface area contributed by atoms with Gasteiger partial charge in [0, 0.05) is 31.7 Å². The first-order valence-corrected chi connectivity index (χ1v) is 9.67. The number of morpholine rings is 1. The topological polar surface area (TPSA) is 77.1 Å². The number of ether oxygens (including phenoxy) is 3. The van der Waals surface area contributed by atoms with Crippen molar-refractivity contribution in [2.24, 2.45) is 5.92 Å². The minimum atomic E-state index is -3.59. The molecule has 1 fully saturated rings. The molecule has 0 aliphatic carbocycles. The third-order valence-corrected chi connectivity index (χ3v) is 5.84. The molecule has 7 nitrogen and oxygen atoms in total. The molecule has 1 N–H and O–H groups in total. The molecule has 0 aromatic heterocycles. The molecule has 3 rings (SSSR count). The van der Waals surface area contributed by atoms with Gasteiger partial charge >= 0.3 is 0 Å². The predicted molar refractivity (Wildman–Crippen MR) is 88.8 cm³/mol. The van der Waals surface area contributed by atoms with Crippen molar-refractivity contribution in [3.63, 3.8) is 0 Å². The van der Waals surface area contributed by atoms with Gasteiger partial charge < -0.3 is 14.2 Å². The highest BCUT2D eigenvalue weighted by Gasteiger charge is 2.26. The molecule has 0 radical (unpaired) electrons. The summed E-state index contributed by atoms with van der Waals surface area (Å²) in [5.74, 6) is 1.37. The maximum absolute atomic E-state index is 12.6. The summed E-state index contributed by atoms with van der Waals surface area (Å²) in [6.45, 7) is 7.75. The van der Waals surface area contributed by atoms with Crippen LogP contribution in [0.25, 0.3) is 0 Å². The van der Waals surface area contributed by atoms with Crippen LogP contribution in [0, 0.1) is 5.92 Å². The Bertz CT molecular complexity index is 671. The fourth-order valence-electron chi connectivity index (χ4n) is 3.02. The quantitative estimate of drug-likeness (QED) is 0.821. The zero-order chi connectivity index (χ0) is 17.2. The average molecular weight is 356 g/mol. The molecule has 0 amide bonds. The van der Waals surface area contributed by atoms with Crippen molar-refractivity contribution in [1.82, 2.24) is 9.62 Å². The maximum Gasteiger partial charge on any atom is 0.240 e. The van der Waals surface area contributed by atoms with Crippen LogP contribution in [0.2, 0.25) is 0 Å². The molecule has 0 bridgehead atoms. The smallest absolute Gasteiger partial charge is 0.240 e. The van der Waals surface area contributed by atoms with E-state index in [2.05, 4.69) is 23.5 Å². The Kier molecular flexibility index (Phi) is 5.29. The van der Waals surface area contributed by atoms with Gasteiger partial charge in [0.05, 0.1) is 18.1 Å². The van der Waals surface area contributed by atoms with Crippen LogP contribution in [0.5, 0.6) is 11.5 Å². The molecule has 24 heavy (non-hydrogen) atoms. The van der Waals surface area contributed by atoms with Gasteiger partial charge in [-0.05, 0) is 18.1 Å². The summed E-state index contributed by atoms with van der Waals surface area (Å²) in [7, 11) is -3.59. The first kappa shape index (κ1) is 17.5. The van der Waals surface area contributed by atoms with E-state index in [0.717, 1.165) is 13.1 Å². The average Bonchev–Trinajstić information content (AvgIpc) is 3.03. The number of sulfonamides is 1. The lowest BCUT2D eigenvalue weighted by molar-refractivity contribution is 0.00776. The lowest BCUT2D eigenvalue weighted by Crippen LogP contribution is -2.51. The highest BCUT2D eigenvalue weighted by Crippen LogP contribution is 2.33. The van der Waals surface area contributed by atoms with Crippen LogP contribution < -0.4 is 14.2 Å². The van der Waals surface area contributed by atoms with Gasteiger partial charge in [-0.1, -0.05) is 13.8 Å². The van der Waals surface area contributed by atoms with Crippen molar-refractivity contribution in [3.05, 3.63) is 18.2 Å². The van der Waals surface area contributed by atoms with Crippen LogP contribution in [0.4, 0.5) is 0 Å². The predicted octanol–water partition coefficient (Wildman–Crippen LogP) is 1.05. The molecule has 2 heterocycles. The monoisotopic (exact) mass is 356 g/mol. The minimum Gasteiger partial charge on any atom is -0.454 e. The van der Waals surface area contributed by atoms with E-state index in [9.17, 15) is 8.42 Å². The highest BCUT2D eigenvalue weighted by molar-refractivity contribution is 7.89. The van der Waals surface area contributed by atoms with Gasteiger partial charge in [0.1, 0.15) is 0 Å². The zero-order valence-electron chi connectivity index (χ0n) is 14.0. The van der Waals surface area contributed by atoms with E-state index in [4.69, 9.17) is 14.2 Å². The Morgan fingerprint density at radius 1 is 1.17 bits per heavy atom. The molecule has 2 aliphatic heterocycles. The molecule has 1 unspecified atom stereocenters. The molecule has 1 atom stereocenters. The summed E-state index contributed by atoms with van der Waals surface area (Å²) < 4.78 is 43.8. The van der Waals surface area contributed by atoms with Crippen LogP contribution in [-0.4, -0.2) is 59.0 Å². The number of benzene rings is 1. The van der Waals surface area contributed by atoms with E-state index in [1.807, 2.05) is 0 Å². The second-order valence-electron chi connectivity index (χ2n) is 6.33. The van der Waals surface area contributed by atoms with E-state index < -0.39 is 10.0 Å². The van der Waals surface area contributed by atoms with Gasteiger partial charge in [-0.2, -0.15) is 0 Å². The van der Waals surface area contributed by atoms with Gasteiger partial charge in [-0.15, -0.1) is 0 Å². The van der Waals surface area contributed by atoms with Gasteiger partial charge in [-0.25, -0.2) is 13.1 Å². The lowest BCUT2D eigenvalue weighted by atomic mass is 10.0. The SMILES string of the molecule is CC(C)C(CNS(=O)(=O)c1ccc2c(c1)OCO2)N1CCOCC1. The molecule has 0 spiro atoms. The third kappa shape index (κ3) is 3.83. The second kappa shape index (κ2) is 7.26. The summed E-state index contributed by atoms with van der Waals surface area (Å²) in [6.07, 6.45) is 0. The first-order valence-electron chi connectivity index (χ1n) is 8.18. The highest BCUT2D eigenvalue weighted by atomic mass is 32.2. The summed E-state index contributed by atoms with van der Waals surface area (Å²) in [5, 5.41) is 0.